The summed E-state index contributed by atoms with van der Waals surface area (Å²) in [5, 5.41) is 10.6. The summed E-state index contributed by atoms with van der Waals surface area (Å²) in [6, 6.07) is 0. The topological polar surface area (TPSA) is 237 Å². The average molecular weight is 1450 g/mol. The van der Waals surface area contributed by atoms with E-state index in [0.29, 0.717) is 25.7 Å². The lowest BCUT2D eigenvalue weighted by atomic mass is 9.99. The Morgan fingerprint density at radius 2 is 0.485 bits per heavy atom. The summed E-state index contributed by atoms with van der Waals surface area (Å²) >= 11 is 0. The number of carbonyl (C=O) groups excluding carboxylic acids is 4. The molecular formula is C80H156O17P2. The Bertz CT molecular complexity index is 1910. The van der Waals surface area contributed by atoms with Crippen LogP contribution in [0.25, 0.3) is 0 Å². The number of phosphoric ester groups is 2. The first-order valence-electron chi connectivity index (χ1n) is 41.6. The third-order valence-electron chi connectivity index (χ3n) is 19.4. The smallest absolute Gasteiger partial charge is 0.462 e. The van der Waals surface area contributed by atoms with Gasteiger partial charge in [0.2, 0.25) is 0 Å². The summed E-state index contributed by atoms with van der Waals surface area (Å²) in [4.78, 5) is 72.9. The minimum Gasteiger partial charge on any atom is -0.462 e. The molecule has 0 saturated heterocycles. The highest BCUT2D eigenvalue weighted by Gasteiger charge is 2.30. The number of unbranched alkanes of at least 4 members (excludes halogenated alkanes) is 47. The van der Waals surface area contributed by atoms with E-state index in [2.05, 4.69) is 41.5 Å². The SMILES string of the molecule is CCCCCCCCCCCCCCCCCCCCCC(=O)O[C@H](COC(=O)CCCCCCCCCCCCCCCCC(C)CC)COP(=O)(O)OC[C@@H](O)COP(=O)(O)OC[C@@H](COC(=O)CCCCCCCCCCCC)OC(=O)CCCCCCCCCCC(C)CC. The van der Waals surface area contributed by atoms with Crippen LogP contribution in [0.1, 0.15) is 420 Å². The minimum absolute atomic E-state index is 0.105. The van der Waals surface area contributed by atoms with Crippen molar-refractivity contribution >= 4 is 39.5 Å². The second kappa shape index (κ2) is 71.7. The van der Waals surface area contributed by atoms with E-state index < -0.39 is 97.5 Å². The first-order chi connectivity index (χ1) is 47.9. The Hall–Kier alpha value is -1.94. The zero-order chi connectivity index (χ0) is 72.8. The molecular weight excluding hydrogens is 1290 g/mol. The number of aliphatic hydroxyl groups excluding tert-OH is 1. The molecule has 0 radical (unpaired) electrons. The maximum Gasteiger partial charge on any atom is 0.472 e. The number of carbonyl (C=O) groups is 4. The van der Waals surface area contributed by atoms with E-state index in [-0.39, 0.29) is 25.7 Å². The van der Waals surface area contributed by atoms with Gasteiger partial charge in [-0.2, -0.15) is 0 Å². The van der Waals surface area contributed by atoms with E-state index in [1.54, 1.807) is 0 Å². The molecule has 0 aliphatic heterocycles. The van der Waals surface area contributed by atoms with Crippen molar-refractivity contribution in [3.8, 4) is 0 Å². The van der Waals surface area contributed by atoms with Crippen molar-refractivity contribution in [1.29, 1.82) is 0 Å². The number of rotatable bonds is 79. The van der Waals surface area contributed by atoms with Crippen molar-refractivity contribution in [3.05, 3.63) is 0 Å². The van der Waals surface area contributed by atoms with Gasteiger partial charge in [0.15, 0.2) is 12.2 Å². The van der Waals surface area contributed by atoms with Gasteiger partial charge in [-0.15, -0.1) is 0 Å². The summed E-state index contributed by atoms with van der Waals surface area (Å²) in [5.41, 5.74) is 0. The molecule has 4 unspecified atom stereocenters. The predicted molar refractivity (Wildman–Crippen MR) is 405 cm³/mol. The number of phosphoric acid groups is 2. The van der Waals surface area contributed by atoms with Crippen LogP contribution in [-0.2, 0) is 65.4 Å². The van der Waals surface area contributed by atoms with Gasteiger partial charge in [0.25, 0.3) is 0 Å². The highest BCUT2D eigenvalue weighted by atomic mass is 31.2. The number of esters is 4. The molecule has 0 spiro atoms. The molecule has 19 heteroatoms. The second-order valence-electron chi connectivity index (χ2n) is 29.3. The molecule has 0 aliphatic carbocycles. The standard InChI is InChI=1S/C80H156O17P2/c1-7-11-13-15-17-19-21-22-23-24-25-26-27-32-35-39-46-52-58-64-79(84)96-75(68-91-78(83)63-57-51-45-38-34-31-29-28-30-33-36-42-48-54-60-72(5)9-3)70-94-98(86,87)92-66-74(81)67-93-99(88,89)95-71-76(69-90-77(82)62-56-50-44-37-20-18-16-14-12-8-2)97-80(85)65-59-53-47-41-40-43-49-55-61-73(6)10-4/h72-76,81H,7-71H2,1-6H3,(H,86,87)(H,88,89)/t72?,73?,74-,75-,76-/m1/s1. The van der Waals surface area contributed by atoms with Gasteiger partial charge in [-0.05, 0) is 37.5 Å². The first-order valence-corrected chi connectivity index (χ1v) is 44.6. The normalized spacial score (nSPS) is 14.5. The summed E-state index contributed by atoms with van der Waals surface area (Å²) in [7, 11) is -9.92. The first kappa shape index (κ1) is 97.1. The van der Waals surface area contributed by atoms with Crippen LogP contribution in [0.3, 0.4) is 0 Å². The van der Waals surface area contributed by atoms with E-state index in [0.717, 1.165) is 102 Å². The fourth-order valence-corrected chi connectivity index (χ4v) is 13.9. The zero-order valence-corrected chi connectivity index (χ0v) is 66.6. The Balaban J connectivity index is 5.23. The Kier molecular flexibility index (Phi) is 70.3. The van der Waals surface area contributed by atoms with Crippen LogP contribution in [0.2, 0.25) is 0 Å². The van der Waals surface area contributed by atoms with Gasteiger partial charge in [0, 0.05) is 25.7 Å². The molecule has 588 valence electrons. The lowest BCUT2D eigenvalue weighted by Crippen LogP contribution is -2.30. The summed E-state index contributed by atoms with van der Waals surface area (Å²) < 4.78 is 68.7. The summed E-state index contributed by atoms with van der Waals surface area (Å²) in [6.45, 7) is 9.67. The van der Waals surface area contributed by atoms with E-state index in [9.17, 15) is 43.2 Å². The highest BCUT2D eigenvalue weighted by Crippen LogP contribution is 2.45. The number of ether oxygens (including phenoxy) is 4. The largest absolute Gasteiger partial charge is 0.472 e. The minimum atomic E-state index is -4.96. The van der Waals surface area contributed by atoms with Crippen LogP contribution in [0.15, 0.2) is 0 Å². The maximum absolute atomic E-state index is 13.1. The van der Waals surface area contributed by atoms with Crippen molar-refractivity contribution in [2.24, 2.45) is 11.8 Å². The molecule has 0 fully saturated rings. The van der Waals surface area contributed by atoms with Crippen LogP contribution in [-0.4, -0.2) is 96.7 Å². The van der Waals surface area contributed by atoms with Gasteiger partial charge in [-0.1, -0.05) is 369 Å². The Morgan fingerprint density at radius 1 is 0.283 bits per heavy atom. The van der Waals surface area contributed by atoms with Crippen molar-refractivity contribution in [3.63, 3.8) is 0 Å². The molecule has 7 atom stereocenters. The van der Waals surface area contributed by atoms with Crippen LogP contribution in [0, 0.1) is 11.8 Å². The third kappa shape index (κ3) is 71.5. The summed E-state index contributed by atoms with van der Waals surface area (Å²) in [5.74, 6) is -0.492. The van der Waals surface area contributed by atoms with E-state index >= 15 is 0 Å². The van der Waals surface area contributed by atoms with E-state index in [4.69, 9.17) is 37.0 Å². The fourth-order valence-electron chi connectivity index (χ4n) is 12.3. The molecule has 0 aromatic carbocycles. The molecule has 0 aromatic heterocycles. The lowest BCUT2D eigenvalue weighted by Gasteiger charge is -2.21. The summed E-state index contributed by atoms with van der Waals surface area (Å²) in [6.07, 6.45) is 60.9. The number of hydrogen-bond donors (Lipinski definition) is 3. The van der Waals surface area contributed by atoms with Crippen molar-refractivity contribution in [1.82, 2.24) is 0 Å². The molecule has 0 aromatic rings. The molecule has 99 heavy (non-hydrogen) atoms. The van der Waals surface area contributed by atoms with Crippen LogP contribution < -0.4 is 0 Å². The molecule has 0 heterocycles. The zero-order valence-electron chi connectivity index (χ0n) is 64.8. The van der Waals surface area contributed by atoms with Crippen molar-refractivity contribution < 1.29 is 80.2 Å². The average Bonchev–Trinajstić information content (AvgIpc) is 1.03. The van der Waals surface area contributed by atoms with Crippen LogP contribution >= 0.6 is 15.6 Å². The highest BCUT2D eigenvalue weighted by molar-refractivity contribution is 7.47. The molecule has 17 nitrogen and oxygen atoms in total. The molecule has 3 N–H and O–H groups in total. The monoisotopic (exact) mass is 1450 g/mol. The van der Waals surface area contributed by atoms with Gasteiger partial charge < -0.3 is 33.8 Å². The third-order valence-corrected chi connectivity index (χ3v) is 21.3. The Labute approximate surface area is 607 Å². The quantitative estimate of drug-likeness (QED) is 0.0222. The lowest BCUT2D eigenvalue weighted by molar-refractivity contribution is -0.161. The van der Waals surface area contributed by atoms with Crippen molar-refractivity contribution in [2.45, 2.75) is 439 Å². The molecule has 0 rings (SSSR count). The number of aliphatic hydroxyl groups is 1. The van der Waals surface area contributed by atoms with Gasteiger partial charge in [-0.3, -0.25) is 37.3 Å². The fraction of sp³-hybridized carbons (Fsp3) is 0.950. The second-order valence-corrected chi connectivity index (χ2v) is 32.2. The number of hydrogen-bond acceptors (Lipinski definition) is 15. The van der Waals surface area contributed by atoms with Crippen LogP contribution in [0.4, 0.5) is 0 Å². The molecule has 0 saturated carbocycles. The van der Waals surface area contributed by atoms with Crippen molar-refractivity contribution in [2.75, 3.05) is 39.6 Å². The Morgan fingerprint density at radius 3 is 0.717 bits per heavy atom. The maximum atomic E-state index is 13.1. The van der Waals surface area contributed by atoms with Crippen LogP contribution in [0.5, 0.6) is 0 Å². The van der Waals surface area contributed by atoms with E-state index in [1.165, 1.54) is 238 Å². The van der Waals surface area contributed by atoms with Gasteiger partial charge >= 0.3 is 39.5 Å². The van der Waals surface area contributed by atoms with Gasteiger partial charge in [-0.25, -0.2) is 9.13 Å². The molecule has 0 bridgehead atoms. The van der Waals surface area contributed by atoms with E-state index in [1.807, 2.05) is 0 Å². The molecule has 0 aliphatic rings. The molecule has 0 amide bonds. The predicted octanol–water partition coefficient (Wildman–Crippen LogP) is 23.9. The van der Waals surface area contributed by atoms with Gasteiger partial charge in [0.1, 0.15) is 19.3 Å². The van der Waals surface area contributed by atoms with Gasteiger partial charge in [0.05, 0.1) is 26.4 Å².